The first-order valence-electron chi connectivity index (χ1n) is 6.13. The number of rotatable bonds is 4. The molecule has 2 unspecified atom stereocenters. The number of hydrogen-bond donors (Lipinski definition) is 1. The van der Waals surface area contributed by atoms with Crippen molar-refractivity contribution in [1.82, 2.24) is 5.32 Å². The third kappa shape index (κ3) is 2.12. The van der Waals surface area contributed by atoms with E-state index in [1.165, 1.54) is 32.1 Å². The Hall–Kier alpha value is -0.0800. The normalized spacial score (nSPS) is 35.6. The molecular weight excluding hydrogens is 174 g/mol. The molecule has 2 nitrogen and oxygen atoms in total. The lowest BCUT2D eigenvalue weighted by Crippen LogP contribution is -2.53. The highest BCUT2D eigenvalue weighted by atomic mass is 16.5. The molecule has 2 rings (SSSR count). The zero-order chi connectivity index (χ0) is 10.0. The molecule has 0 spiro atoms. The quantitative estimate of drug-likeness (QED) is 0.747. The average molecular weight is 197 g/mol. The van der Waals surface area contributed by atoms with Gasteiger partial charge in [-0.25, -0.2) is 0 Å². The van der Waals surface area contributed by atoms with Gasteiger partial charge in [0.15, 0.2) is 0 Å². The van der Waals surface area contributed by atoms with Gasteiger partial charge in [0, 0.05) is 12.6 Å². The molecule has 82 valence electrons. The van der Waals surface area contributed by atoms with Gasteiger partial charge in [0.1, 0.15) is 0 Å². The lowest BCUT2D eigenvalue weighted by Gasteiger charge is -2.41. The standard InChI is InChI=1S/C12H23NO/c1-3-13-11(10-6-7-10)12(2)8-4-5-9-14-12/h10-11,13H,3-9H2,1-2H3. The largest absolute Gasteiger partial charge is 0.374 e. The van der Waals surface area contributed by atoms with E-state index in [2.05, 4.69) is 19.2 Å². The van der Waals surface area contributed by atoms with Gasteiger partial charge in [0.25, 0.3) is 0 Å². The summed E-state index contributed by atoms with van der Waals surface area (Å²) in [5.74, 6) is 0.887. The minimum Gasteiger partial charge on any atom is -0.374 e. The second kappa shape index (κ2) is 4.19. The van der Waals surface area contributed by atoms with Gasteiger partial charge >= 0.3 is 0 Å². The Morgan fingerprint density at radius 1 is 1.43 bits per heavy atom. The Bertz CT molecular complexity index is 183. The van der Waals surface area contributed by atoms with Crippen molar-refractivity contribution in [1.29, 1.82) is 0 Å². The lowest BCUT2D eigenvalue weighted by atomic mass is 9.85. The van der Waals surface area contributed by atoms with Crippen LogP contribution in [0.5, 0.6) is 0 Å². The molecule has 1 saturated carbocycles. The van der Waals surface area contributed by atoms with Gasteiger partial charge in [0.05, 0.1) is 5.60 Å². The third-order valence-corrected chi connectivity index (χ3v) is 3.67. The van der Waals surface area contributed by atoms with Crippen LogP contribution in [0.25, 0.3) is 0 Å². The summed E-state index contributed by atoms with van der Waals surface area (Å²) in [5, 5.41) is 3.63. The molecule has 1 aliphatic heterocycles. The molecule has 0 aromatic rings. The van der Waals surface area contributed by atoms with Crippen molar-refractivity contribution >= 4 is 0 Å². The fourth-order valence-corrected chi connectivity index (χ4v) is 2.73. The first-order chi connectivity index (χ1) is 6.76. The minimum atomic E-state index is 0.120. The van der Waals surface area contributed by atoms with Crippen molar-refractivity contribution in [3.8, 4) is 0 Å². The molecule has 0 bridgehead atoms. The summed E-state index contributed by atoms with van der Waals surface area (Å²) in [6, 6.07) is 0.604. The highest BCUT2D eigenvalue weighted by Gasteiger charge is 2.44. The van der Waals surface area contributed by atoms with Crippen LogP contribution >= 0.6 is 0 Å². The molecule has 0 aromatic carbocycles. The van der Waals surface area contributed by atoms with E-state index < -0.39 is 0 Å². The van der Waals surface area contributed by atoms with Crippen LogP contribution in [0.3, 0.4) is 0 Å². The van der Waals surface area contributed by atoms with Gasteiger partial charge in [-0.05, 0) is 51.5 Å². The van der Waals surface area contributed by atoms with Crippen molar-refractivity contribution in [2.24, 2.45) is 5.92 Å². The fourth-order valence-electron chi connectivity index (χ4n) is 2.73. The van der Waals surface area contributed by atoms with Crippen molar-refractivity contribution in [2.45, 2.75) is 57.6 Å². The smallest absolute Gasteiger partial charge is 0.0809 e. The molecule has 1 heterocycles. The molecule has 1 saturated heterocycles. The van der Waals surface area contributed by atoms with E-state index in [9.17, 15) is 0 Å². The molecule has 14 heavy (non-hydrogen) atoms. The molecule has 1 N–H and O–H groups in total. The summed E-state index contributed by atoms with van der Waals surface area (Å²) in [6.45, 7) is 6.53. The second-order valence-electron chi connectivity index (χ2n) is 4.99. The topological polar surface area (TPSA) is 21.3 Å². The SMILES string of the molecule is CCNC(C1CC1)C1(C)CCCCO1. The lowest BCUT2D eigenvalue weighted by molar-refractivity contribution is -0.0927. The van der Waals surface area contributed by atoms with Crippen LogP contribution in [-0.2, 0) is 4.74 Å². The van der Waals surface area contributed by atoms with E-state index in [0.29, 0.717) is 6.04 Å². The van der Waals surface area contributed by atoms with Crippen molar-refractivity contribution in [2.75, 3.05) is 13.2 Å². The Morgan fingerprint density at radius 3 is 2.71 bits per heavy atom. The maximum Gasteiger partial charge on any atom is 0.0809 e. The van der Waals surface area contributed by atoms with E-state index in [4.69, 9.17) is 4.74 Å². The fraction of sp³-hybridized carbons (Fsp3) is 1.00. The van der Waals surface area contributed by atoms with Gasteiger partial charge in [0.2, 0.25) is 0 Å². The van der Waals surface area contributed by atoms with Crippen molar-refractivity contribution < 1.29 is 4.74 Å². The summed E-state index contributed by atoms with van der Waals surface area (Å²) < 4.78 is 6.02. The molecule has 2 aliphatic rings. The van der Waals surface area contributed by atoms with Crippen LogP contribution in [0.1, 0.15) is 46.0 Å². The van der Waals surface area contributed by atoms with E-state index in [-0.39, 0.29) is 5.60 Å². The Morgan fingerprint density at radius 2 is 2.21 bits per heavy atom. The predicted molar refractivity (Wildman–Crippen MR) is 58.4 cm³/mol. The first kappa shape index (κ1) is 10.4. The summed E-state index contributed by atoms with van der Waals surface area (Å²) in [7, 11) is 0. The van der Waals surface area contributed by atoms with E-state index in [1.54, 1.807) is 0 Å². The second-order valence-corrected chi connectivity index (χ2v) is 4.99. The summed E-state index contributed by atoms with van der Waals surface area (Å²) in [4.78, 5) is 0. The molecule has 2 atom stereocenters. The van der Waals surface area contributed by atoms with Gasteiger partial charge in [-0.3, -0.25) is 0 Å². The monoisotopic (exact) mass is 197 g/mol. The Labute approximate surface area is 87.4 Å². The molecule has 2 heteroatoms. The summed E-state index contributed by atoms with van der Waals surface area (Å²) in [5.41, 5.74) is 0.120. The van der Waals surface area contributed by atoms with Crippen LogP contribution in [0.2, 0.25) is 0 Å². The van der Waals surface area contributed by atoms with Crippen LogP contribution in [0.4, 0.5) is 0 Å². The van der Waals surface area contributed by atoms with Gasteiger partial charge in [-0.2, -0.15) is 0 Å². The minimum absolute atomic E-state index is 0.120. The van der Waals surface area contributed by atoms with E-state index in [1.807, 2.05) is 0 Å². The van der Waals surface area contributed by atoms with Gasteiger partial charge in [-0.15, -0.1) is 0 Å². The van der Waals surface area contributed by atoms with Crippen molar-refractivity contribution in [3.05, 3.63) is 0 Å². The predicted octanol–water partition coefficient (Wildman–Crippen LogP) is 2.33. The number of hydrogen-bond acceptors (Lipinski definition) is 2. The van der Waals surface area contributed by atoms with E-state index in [0.717, 1.165) is 19.1 Å². The zero-order valence-corrected chi connectivity index (χ0v) is 9.51. The van der Waals surface area contributed by atoms with Crippen molar-refractivity contribution in [3.63, 3.8) is 0 Å². The van der Waals surface area contributed by atoms with Crippen LogP contribution in [-0.4, -0.2) is 24.8 Å². The number of likely N-dealkylation sites (N-methyl/N-ethyl adjacent to an activating group) is 1. The first-order valence-corrected chi connectivity index (χ1v) is 6.13. The highest BCUT2D eigenvalue weighted by Crippen LogP contribution is 2.41. The maximum atomic E-state index is 6.02. The third-order valence-electron chi connectivity index (χ3n) is 3.67. The van der Waals surface area contributed by atoms with Crippen LogP contribution < -0.4 is 5.32 Å². The average Bonchev–Trinajstić information content (AvgIpc) is 2.98. The molecule has 2 fully saturated rings. The molecule has 0 aromatic heterocycles. The molecule has 0 amide bonds. The Balaban J connectivity index is 1.99. The van der Waals surface area contributed by atoms with E-state index >= 15 is 0 Å². The molecule has 0 radical (unpaired) electrons. The van der Waals surface area contributed by atoms with Gasteiger partial charge in [-0.1, -0.05) is 6.92 Å². The summed E-state index contributed by atoms with van der Waals surface area (Å²) in [6.07, 6.45) is 6.62. The number of nitrogens with one attached hydrogen (secondary N) is 1. The van der Waals surface area contributed by atoms with Gasteiger partial charge < -0.3 is 10.1 Å². The zero-order valence-electron chi connectivity index (χ0n) is 9.51. The Kier molecular flexibility index (Phi) is 3.13. The maximum absolute atomic E-state index is 6.02. The summed E-state index contributed by atoms with van der Waals surface area (Å²) >= 11 is 0. The van der Waals surface area contributed by atoms with Crippen LogP contribution in [0, 0.1) is 5.92 Å². The highest BCUT2D eigenvalue weighted by molar-refractivity contribution is 4.99. The van der Waals surface area contributed by atoms with Crippen LogP contribution in [0.15, 0.2) is 0 Å². The number of ether oxygens (including phenoxy) is 1. The molecule has 1 aliphatic carbocycles. The molecular formula is C12H23NO.